The highest BCUT2D eigenvalue weighted by atomic mass is 35.5. The molecule has 0 unspecified atom stereocenters. The SMILES string of the molecule is Cc1cc(NC(=O)c2cc(Cl)c3ccccc3n2)no1. The Labute approximate surface area is 119 Å². The molecule has 0 fully saturated rings. The highest BCUT2D eigenvalue weighted by molar-refractivity contribution is 6.35. The molecule has 0 atom stereocenters. The number of rotatable bonds is 2. The van der Waals surface area contributed by atoms with E-state index >= 15 is 0 Å². The maximum absolute atomic E-state index is 12.1. The number of nitrogens with zero attached hydrogens (tertiary/aromatic N) is 2. The zero-order valence-corrected chi connectivity index (χ0v) is 11.3. The lowest BCUT2D eigenvalue weighted by atomic mass is 10.2. The normalized spacial score (nSPS) is 10.7. The summed E-state index contributed by atoms with van der Waals surface area (Å²) >= 11 is 6.16. The third kappa shape index (κ3) is 2.35. The Bertz CT molecular complexity index is 798. The van der Waals surface area contributed by atoms with Crippen molar-refractivity contribution >= 4 is 34.2 Å². The molecule has 6 heteroatoms. The van der Waals surface area contributed by atoms with Gasteiger partial charge in [0.1, 0.15) is 11.5 Å². The number of anilines is 1. The Morgan fingerprint density at radius 2 is 2.10 bits per heavy atom. The van der Waals surface area contributed by atoms with Crippen LogP contribution in [0.2, 0.25) is 5.02 Å². The molecule has 1 amide bonds. The van der Waals surface area contributed by atoms with Crippen LogP contribution in [0.4, 0.5) is 5.82 Å². The first-order chi connectivity index (χ1) is 9.63. The number of carbonyl (C=O) groups excluding carboxylic acids is 1. The number of carbonyl (C=O) groups is 1. The summed E-state index contributed by atoms with van der Waals surface area (Å²) in [6.45, 7) is 1.74. The number of pyridine rings is 1. The highest BCUT2D eigenvalue weighted by Gasteiger charge is 2.13. The topological polar surface area (TPSA) is 68.0 Å². The number of benzene rings is 1. The predicted octanol–water partition coefficient (Wildman–Crippen LogP) is 3.44. The number of hydrogen-bond donors (Lipinski definition) is 1. The van der Waals surface area contributed by atoms with E-state index in [1.54, 1.807) is 19.1 Å². The van der Waals surface area contributed by atoms with Gasteiger partial charge in [-0.25, -0.2) is 4.98 Å². The molecule has 2 heterocycles. The third-order valence-corrected chi connectivity index (χ3v) is 3.08. The zero-order chi connectivity index (χ0) is 14.1. The number of aromatic nitrogens is 2. The summed E-state index contributed by atoms with van der Waals surface area (Å²) < 4.78 is 4.88. The number of aryl methyl sites for hydroxylation is 1. The van der Waals surface area contributed by atoms with Crippen molar-refractivity contribution in [1.82, 2.24) is 10.1 Å². The maximum atomic E-state index is 12.1. The number of nitrogens with one attached hydrogen (secondary N) is 1. The second-order valence-corrected chi connectivity index (χ2v) is 4.69. The number of para-hydroxylation sites is 1. The Hall–Kier alpha value is -2.40. The van der Waals surface area contributed by atoms with E-state index in [1.807, 2.05) is 18.2 Å². The molecule has 0 aliphatic heterocycles. The van der Waals surface area contributed by atoms with Gasteiger partial charge in [-0.05, 0) is 19.1 Å². The number of amides is 1. The molecule has 0 radical (unpaired) electrons. The van der Waals surface area contributed by atoms with Crippen LogP contribution in [0, 0.1) is 6.92 Å². The smallest absolute Gasteiger partial charge is 0.275 e. The van der Waals surface area contributed by atoms with Gasteiger partial charge in [-0.1, -0.05) is 35.0 Å². The summed E-state index contributed by atoms with van der Waals surface area (Å²) in [6, 6.07) is 10.5. The number of fused-ring (bicyclic) bond motifs is 1. The summed E-state index contributed by atoms with van der Waals surface area (Å²) in [6.07, 6.45) is 0. The average molecular weight is 288 g/mol. The Kier molecular flexibility index (Phi) is 3.12. The van der Waals surface area contributed by atoms with Crippen LogP contribution in [0.15, 0.2) is 40.9 Å². The van der Waals surface area contributed by atoms with Gasteiger partial charge in [0, 0.05) is 11.5 Å². The van der Waals surface area contributed by atoms with Crippen molar-refractivity contribution in [1.29, 1.82) is 0 Å². The second kappa shape index (κ2) is 4.94. The molecule has 3 rings (SSSR count). The second-order valence-electron chi connectivity index (χ2n) is 4.28. The molecular weight excluding hydrogens is 278 g/mol. The molecule has 0 saturated carbocycles. The Balaban J connectivity index is 1.95. The van der Waals surface area contributed by atoms with Crippen LogP contribution in [0.1, 0.15) is 16.2 Å². The van der Waals surface area contributed by atoms with E-state index in [1.165, 1.54) is 6.07 Å². The van der Waals surface area contributed by atoms with Gasteiger partial charge >= 0.3 is 0 Å². The van der Waals surface area contributed by atoms with E-state index in [-0.39, 0.29) is 11.6 Å². The van der Waals surface area contributed by atoms with Crippen molar-refractivity contribution in [2.24, 2.45) is 0 Å². The minimum Gasteiger partial charge on any atom is -0.360 e. The molecule has 1 aromatic carbocycles. The summed E-state index contributed by atoms with van der Waals surface area (Å²) in [7, 11) is 0. The minimum absolute atomic E-state index is 0.231. The first kappa shape index (κ1) is 12.6. The molecule has 0 spiro atoms. The van der Waals surface area contributed by atoms with E-state index in [4.69, 9.17) is 16.1 Å². The lowest BCUT2D eigenvalue weighted by Gasteiger charge is -2.04. The van der Waals surface area contributed by atoms with Gasteiger partial charge in [0.05, 0.1) is 10.5 Å². The van der Waals surface area contributed by atoms with Crippen LogP contribution in [0.5, 0.6) is 0 Å². The van der Waals surface area contributed by atoms with E-state index < -0.39 is 0 Å². The van der Waals surface area contributed by atoms with Crippen molar-refractivity contribution in [3.63, 3.8) is 0 Å². The number of hydrogen-bond acceptors (Lipinski definition) is 4. The third-order valence-electron chi connectivity index (χ3n) is 2.77. The molecule has 0 aliphatic rings. The van der Waals surface area contributed by atoms with Crippen LogP contribution in [0.3, 0.4) is 0 Å². The van der Waals surface area contributed by atoms with Gasteiger partial charge < -0.3 is 9.84 Å². The minimum atomic E-state index is -0.383. The fourth-order valence-electron chi connectivity index (χ4n) is 1.85. The van der Waals surface area contributed by atoms with Gasteiger partial charge in [-0.15, -0.1) is 0 Å². The molecule has 3 aromatic rings. The predicted molar refractivity (Wildman–Crippen MR) is 75.9 cm³/mol. The van der Waals surface area contributed by atoms with Crippen LogP contribution in [0.25, 0.3) is 10.9 Å². The van der Waals surface area contributed by atoms with E-state index in [0.29, 0.717) is 22.1 Å². The fraction of sp³-hybridized carbons (Fsp3) is 0.0714. The standard InChI is InChI=1S/C14H10ClN3O2/c1-8-6-13(18-20-8)17-14(19)12-7-10(15)9-4-2-3-5-11(9)16-12/h2-7H,1H3,(H,17,18,19). The van der Waals surface area contributed by atoms with Gasteiger partial charge in [0.15, 0.2) is 5.82 Å². The fourth-order valence-corrected chi connectivity index (χ4v) is 2.12. The van der Waals surface area contributed by atoms with Crippen LogP contribution in [-0.4, -0.2) is 16.0 Å². The summed E-state index contributed by atoms with van der Waals surface area (Å²) in [5.74, 6) is 0.578. The summed E-state index contributed by atoms with van der Waals surface area (Å²) in [5.41, 5.74) is 0.899. The van der Waals surface area contributed by atoms with Gasteiger partial charge in [0.2, 0.25) is 0 Å². The average Bonchev–Trinajstić information content (AvgIpc) is 2.84. The molecule has 100 valence electrons. The molecule has 5 nitrogen and oxygen atoms in total. The lowest BCUT2D eigenvalue weighted by Crippen LogP contribution is -2.14. The largest absolute Gasteiger partial charge is 0.360 e. The molecule has 0 saturated heterocycles. The maximum Gasteiger partial charge on any atom is 0.275 e. The van der Waals surface area contributed by atoms with Crippen molar-refractivity contribution in [3.05, 3.63) is 52.9 Å². The van der Waals surface area contributed by atoms with Gasteiger partial charge in [-0.3, -0.25) is 4.79 Å². The molecule has 0 aliphatic carbocycles. The van der Waals surface area contributed by atoms with E-state index in [0.717, 1.165) is 5.39 Å². The van der Waals surface area contributed by atoms with E-state index in [2.05, 4.69) is 15.5 Å². The molecular formula is C14H10ClN3O2. The van der Waals surface area contributed by atoms with Crippen LogP contribution in [-0.2, 0) is 0 Å². The molecule has 2 aromatic heterocycles. The Morgan fingerprint density at radius 3 is 2.85 bits per heavy atom. The zero-order valence-electron chi connectivity index (χ0n) is 10.6. The summed E-state index contributed by atoms with van der Waals surface area (Å²) in [4.78, 5) is 16.4. The first-order valence-electron chi connectivity index (χ1n) is 5.93. The quantitative estimate of drug-likeness (QED) is 0.784. The van der Waals surface area contributed by atoms with Crippen molar-refractivity contribution < 1.29 is 9.32 Å². The lowest BCUT2D eigenvalue weighted by molar-refractivity contribution is 0.102. The van der Waals surface area contributed by atoms with Gasteiger partial charge in [-0.2, -0.15) is 0 Å². The summed E-state index contributed by atoms with van der Waals surface area (Å²) in [5, 5.41) is 7.60. The molecule has 1 N–H and O–H groups in total. The van der Waals surface area contributed by atoms with Crippen molar-refractivity contribution in [2.75, 3.05) is 5.32 Å². The number of halogens is 1. The van der Waals surface area contributed by atoms with Crippen molar-refractivity contribution in [3.8, 4) is 0 Å². The van der Waals surface area contributed by atoms with Crippen molar-refractivity contribution in [2.45, 2.75) is 6.92 Å². The van der Waals surface area contributed by atoms with E-state index in [9.17, 15) is 4.79 Å². The Morgan fingerprint density at radius 1 is 1.30 bits per heavy atom. The monoisotopic (exact) mass is 287 g/mol. The van der Waals surface area contributed by atoms with Crippen LogP contribution < -0.4 is 5.32 Å². The molecule has 20 heavy (non-hydrogen) atoms. The molecule has 0 bridgehead atoms. The van der Waals surface area contributed by atoms with Gasteiger partial charge in [0.25, 0.3) is 5.91 Å². The first-order valence-corrected chi connectivity index (χ1v) is 6.31. The highest BCUT2D eigenvalue weighted by Crippen LogP contribution is 2.23. The van der Waals surface area contributed by atoms with Crippen LogP contribution >= 0.6 is 11.6 Å².